The number of halogens is 1. The van der Waals surface area contributed by atoms with Crippen LogP contribution in [0.1, 0.15) is 23.1 Å². The monoisotopic (exact) mass is 433 g/mol. The number of nitrogens with two attached hydrogens (primary N) is 1. The lowest BCUT2D eigenvalue weighted by Gasteiger charge is -2.36. The van der Waals surface area contributed by atoms with Crippen molar-refractivity contribution < 1.29 is 22.4 Å². The van der Waals surface area contributed by atoms with Crippen LogP contribution in [-0.2, 0) is 39.0 Å². The van der Waals surface area contributed by atoms with Gasteiger partial charge in [0.2, 0.25) is 15.9 Å². The van der Waals surface area contributed by atoms with E-state index in [1.165, 1.54) is 11.0 Å². The minimum Gasteiger partial charge on any atom is -0.327 e. The van der Waals surface area contributed by atoms with E-state index in [-0.39, 0.29) is 31.7 Å². The Labute approximate surface area is 175 Å². The molecule has 2 atom stereocenters. The highest BCUT2D eigenvalue weighted by Crippen LogP contribution is 2.25. The van der Waals surface area contributed by atoms with Crippen LogP contribution in [0.5, 0.6) is 0 Å². The van der Waals surface area contributed by atoms with E-state index in [4.69, 9.17) is 5.73 Å². The Hall–Kier alpha value is -2.78. The number of carbonyl (C=O) groups is 2. The summed E-state index contributed by atoms with van der Waals surface area (Å²) in [5.41, 5.74) is 8.27. The minimum atomic E-state index is -3.77. The molecule has 160 valence electrons. The molecule has 0 aromatic heterocycles. The van der Waals surface area contributed by atoms with Crippen molar-refractivity contribution in [3.8, 4) is 0 Å². The molecule has 2 aromatic rings. The average molecular weight is 434 g/mol. The number of amides is 2. The summed E-state index contributed by atoms with van der Waals surface area (Å²) in [6, 6.07) is 12.0. The molecule has 0 saturated heterocycles. The molecule has 1 aliphatic heterocycles. The Kier molecular flexibility index (Phi) is 6.52. The maximum atomic E-state index is 13.9. The van der Waals surface area contributed by atoms with Crippen molar-refractivity contribution in [2.75, 3.05) is 6.26 Å². The lowest BCUT2D eigenvalue weighted by Crippen LogP contribution is -2.54. The molecular weight excluding hydrogens is 409 g/mol. The van der Waals surface area contributed by atoms with Crippen molar-refractivity contribution >= 4 is 21.8 Å². The largest absolute Gasteiger partial charge is 0.327 e. The van der Waals surface area contributed by atoms with Gasteiger partial charge in [0.05, 0.1) is 6.26 Å². The first kappa shape index (κ1) is 21.9. The normalized spacial score (nSPS) is 17.2. The second-order valence-electron chi connectivity index (χ2n) is 7.51. The Morgan fingerprint density at radius 2 is 1.80 bits per heavy atom. The average Bonchev–Trinajstić information content (AvgIpc) is 2.67. The molecule has 0 saturated carbocycles. The summed E-state index contributed by atoms with van der Waals surface area (Å²) < 4.78 is 38.9. The Morgan fingerprint density at radius 3 is 2.47 bits per heavy atom. The standard InChI is InChI=1S/C21H24FN3O4S/c1-30(28,29)24-21(27)19-11-14-6-2-3-8-16(14)13-25(19)20(26)12-17(23)10-15-7-4-5-9-18(15)22/h2-9,17,19H,10-13,23H2,1H3,(H,24,27)/t17?,19-/m0/s1. The zero-order valence-corrected chi connectivity index (χ0v) is 17.4. The molecular formula is C21H24FN3O4S. The van der Waals surface area contributed by atoms with E-state index in [9.17, 15) is 22.4 Å². The number of carbonyl (C=O) groups excluding carboxylic acids is 2. The van der Waals surface area contributed by atoms with Gasteiger partial charge in [-0.3, -0.25) is 14.3 Å². The van der Waals surface area contributed by atoms with Crippen LogP contribution in [0.4, 0.5) is 4.39 Å². The predicted octanol–water partition coefficient (Wildman–Crippen LogP) is 1.11. The lowest BCUT2D eigenvalue weighted by atomic mass is 9.92. The maximum absolute atomic E-state index is 13.9. The highest BCUT2D eigenvalue weighted by atomic mass is 32.2. The van der Waals surface area contributed by atoms with E-state index >= 15 is 0 Å². The van der Waals surface area contributed by atoms with Gasteiger partial charge in [-0.2, -0.15) is 0 Å². The molecule has 30 heavy (non-hydrogen) atoms. The van der Waals surface area contributed by atoms with Gasteiger partial charge in [-0.15, -0.1) is 0 Å². The van der Waals surface area contributed by atoms with Crippen molar-refractivity contribution in [3.63, 3.8) is 0 Å². The second-order valence-corrected chi connectivity index (χ2v) is 9.26. The smallest absolute Gasteiger partial charge is 0.256 e. The third kappa shape index (κ3) is 5.43. The van der Waals surface area contributed by atoms with Crippen molar-refractivity contribution in [1.82, 2.24) is 9.62 Å². The van der Waals surface area contributed by atoms with Gasteiger partial charge in [0.25, 0.3) is 5.91 Å². The molecule has 0 bridgehead atoms. The molecule has 2 amide bonds. The first-order valence-electron chi connectivity index (χ1n) is 9.51. The number of rotatable bonds is 6. The molecule has 1 aliphatic rings. The maximum Gasteiger partial charge on any atom is 0.256 e. The zero-order chi connectivity index (χ0) is 21.9. The SMILES string of the molecule is CS(=O)(=O)NC(=O)[C@@H]1Cc2ccccc2CN1C(=O)CC(N)Cc1ccccc1F. The molecule has 2 aromatic carbocycles. The number of fused-ring (bicyclic) bond motifs is 1. The summed E-state index contributed by atoms with van der Waals surface area (Å²) in [5.74, 6) is -1.54. The summed E-state index contributed by atoms with van der Waals surface area (Å²) in [6.45, 7) is 0.170. The van der Waals surface area contributed by atoms with Crippen molar-refractivity contribution in [1.29, 1.82) is 0 Å². The molecule has 0 radical (unpaired) electrons. The van der Waals surface area contributed by atoms with Crippen LogP contribution in [0.25, 0.3) is 0 Å². The predicted molar refractivity (Wildman–Crippen MR) is 110 cm³/mol. The van der Waals surface area contributed by atoms with Crippen LogP contribution in [0, 0.1) is 5.82 Å². The van der Waals surface area contributed by atoms with Gasteiger partial charge in [-0.05, 0) is 29.2 Å². The zero-order valence-electron chi connectivity index (χ0n) is 16.5. The number of hydrogen-bond donors (Lipinski definition) is 2. The summed E-state index contributed by atoms with van der Waals surface area (Å²) in [4.78, 5) is 26.9. The second kappa shape index (κ2) is 8.93. The Morgan fingerprint density at radius 1 is 1.17 bits per heavy atom. The van der Waals surface area contributed by atoms with E-state index < -0.39 is 33.8 Å². The first-order valence-corrected chi connectivity index (χ1v) is 11.4. The molecule has 9 heteroatoms. The van der Waals surface area contributed by atoms with Gasteiger partial charge in [-0.1, -0.05) is 42.5 Å². The van der Waals surface area contributed by atoms with Gasteiger partial charge in [0.1, 0.15) is 11.9 Å². The van der Waals surface area contributed by atoms with Crippen LogP contribution >= 0.6 is 0 Å². The third-order valence-electron chi connectivity index (χ3n) is 5.03. The summed E-state index contributed by atoms with van der Waals surface area (Å²) in [7, 11) is -3.77. The summed E-state index contributed by atoms with van der Waals surface area (Å²) in [5, 5.41) is 0. The Bertz CT molecular complexity index is 1060. The molecule has 1 unspecified atom stereocenters. The fourth-order valence-corrected chi connectivity index (χ4v) is 4.13. The first-order chi connectivity index (χ1) is 14.1. The quantitative estimate of drug-likeness (QED) is 0.709. The van der Waals surface area contributed by atoms with Gasteiger partial charge in [-0.25, -0.2) is 12.8 Å². The van der Waals surface area contributed by atoms with Crippen molar-refractivity contribution in [2.24, 2.45) is 5.73 Å². The summed E-state index contributed by atoms with van der Waals surface area (Å²) >= 11 is 0. The Balaban J connectivity index is 1.78. The van der Waals surface area contributed by atoms with Crippen LogP contribution in [0.3, 0.4) is 0 Å². The minimum absolute atomic E-state index is 0.0981. The molecule has 1 heterocycles. The summed E-state index contributed by atoms with van der Waals surface area (Å²) in [6.07, 6.45) is 1.16. The third-order valence-corrected chi connectivity index (χ3v) is 5.61. The van der Waals surface area contributed by atoms with E-state index in [1.807, 2.05) is 29.0 Å². The van der Waals surface area contributed by atoms with E-state index in [0.717, 1.165) is 17.4 Å². The highest BCUT2D eigenvalue weighted by molar-refractivity contribution is 7.89. The number of nitrogens with one attached hydrogen (secondary N) is 1. The van der Waals surface area contributed by atoms with Crippen LogP contribution in [0.2, 0.25) is 0 Å². The fourth-order valence-electron chi connectivity index (χ4n) is 3.63. The molecule has 3 rings (SSSR count). The fraction of sp³-hybridized carbons (Fsp3) is 0.333. The van der Waals surface area contributed by atoms with Gasteiger partial charge in [0, 0.05) is 25.4 Å². The number of sulfonamides is 1. The lowest BCUT2D eigenvalue weighted by molar-refractivity contribution is -0.141. The van der Waals surface area contributed by atoms with E-state index in [1.54, 1.807) is 18.2 Å². The van der Waals surface area contributed by atoms with E-state index in [2.05, 4.69) is 0 Å². The molecule has 3 N–H and O–H groups in total. The molecule has 0 aliphatic carbocycles. The number of nitrogens with zero attached hydrogens (tertiary/aromatic N) is 1. The number of benzene rings is 2. The van der Waals surface area contributed by atoms with Crippen molar-refractivity contribution in [2.45, 2.75) is 37.9 Å². The molecule has 0 spiro atoms. The molecule has 7 nitrogen and oxygen atoms in total. The van der Waals surface area contributed by atoms with Crippen LogP contribution in [-0.4, -0.2) is 43.5 Å². The van der Waals surface area contributed by atoms with E-state index in [0.29, 0.717) is 5.56 Å². The van der Waals surface area contributed by atoms with Gasteiger partial charge >= 0.3 is 0 Å². The van der Waals surface area contributed by atoms with Gasteiger partial charge in [0.15, 0.2) is 0 Å². The number of hydrogen-bond acceptors (Lipinski definition) is 5. The highest BCUT2D eigenvalue weighted by Gasteiger charge is 2.35. The van der Waals surface area contributed by atoms with Gasteiger partial charge < -0.3 is 10.6 Å². The van der Waals surface area contributed by atoms with Crippen molar-refractivity contribution in [3.05, 3.63) is 71.0 Å². The van der Waals surface area contributed by atoms with Crippen LogP contribution < -0.4 is 10.5 Å². The van der Waals surface area contributed by atoms with Crippen LogP contribution in [0.15, 0.2) is 48.5 Å². The molecule has 0 fully saturated rings. The topological polar surface area (TPSA) is 110 Å².